The molecular formula is C53H36. The number of fused-ring (bicyclic) bond motifs is 11. The number of benzene rings is 10. The van der Waals surface area contributed by atoms with E-state index in [0.29, 0.717) is 0 Å². The molecule has 248 valence electrons. The topological polar surface area (TPSA) is 0 Å². The van der Waals surface area contributed by atoms with E-state index in [-0.39, 0.29) is 5.41 Å². The summed E-state index contributed by atoms with van der Waals surface area (Å²) >= 11 is 0. The van der Waals surface area contributed by atoms with Crippen LogP contribution in [0.5, 0.6) is 0 Å². The molecule has 1 aliphatic carbocycles. The first-order valence-corrected chi connectivity index (χ1v) is 18.7. The molecule has 0 fully saturated rings. The minimum absolute atomic E-state index is 0.133. The lowest BCUT2D eigenvalue weighted by Crippen LogP contribution is -2.15. The van der Waals surface area contributed by atoms with E-state index in [0.717, 1.165) is 0 Å². The lowest BCUT2D eigenvalue weighted by atomic mass is 9.78. The normalized spacial score (nSPS) is 13.2. The number of hydrogen-bond donors (Lipinski definition) is 0. The van der Waals surface area contributed by atoms with Crippen molar-refractivity contribution in [1.29, 1.82) is 0 Å². The van der Waals surface area contributed by atoms with Crippen LogP contribution in [0.1, 0.15) is 25.0 Å². The second-order valence-corrected chi connectivity index (χ2v) is 15.2. The van der Waals surface area contributed by atoms with Gasteiger partial charge in [-0.15, -0.1) is 0 Å². The van der Waals surface area contributed by atoms with Crippen molar-refractivity contribution in [3.63, 3.8) is 0 Å². The van der Waals surface area contributed by atoms with Crippen molar-refractivity contribution in [2.45, 2.75) is 19.3 Å². The third kappa shape index (κ3) is 4.36. The Labute approximate surface area is 309 Å². The van der Waals surface area contributed by atoms with E-state index in [4.69, 9.17) is 0 Å². The zero-order chi connectivity index (χ0) is 35.3. The predicted octanol–water partition coefficient (Wildman–Crippen LogP) is 14.8. The van der Waals surface area contributed by atoms with E-state index in [1.54, 1.807) is 0 Å². The van der Waals surface area contributed by atoms with Gasteiger partial charge in [0.25, 0.3) is 0 Å². The Morgan fingerprint density at radius 1 is 0.302 bits per heavy atom. The van der Waals surface area contributed by atoms with E-state index < -0.39 is 0 Å². The Morgan fingerprint density at radius 2 is 0.792 bits per heavy atom. The molecule has 0 heteroatoms. The molecule has 10 aromatic carbocycles. The Kier molecular flexibility index (Phi) is 6.40. The van der Waals surface area contributed by atoms with Gasteiger partial charge in [0, 0.05) is 5.41 Å². The molecule has 0 saturated heterocycles. The van der Waals surface area contributed by atoms with Crippen LogP contribution in [0.4, 0.5) is 0 Å². The standard InChI is InChI=1S/C53H36/c1-53(2)48-32-36-18-7-6-17-35(36)31-47(48)51-40-22-9-8-21-39(40)46-30-37(27-28-45(46)52(51)53)34-19-14-20-38(29-34)50-43-25-12-10-23-41(43)49(33-15-4-3-5-16-33)42-24-11-13-26-44(42)50/h3-32H,1-2H3. The van der Waals surface area contributed by atoms with Gasteiger partial charge in [-0.05, 0) is 134 Å². The molecule has 0 spiro atoms. The maximum Gasteiger partial charge on any atom is 0.0165 e. The van der Waals surface area contributed by atoms with Gasteiger partial charge < -0.3 is 0 Å². The van der Waals surface area contributed by atoms with Gasteiger partial charge >= 0.3 is 0 Å². The number of hydrogen-bond acceptors (Lipinski definition) is 0. The summed E-state index contributed by atoms with van der Waals surface area (Å²) in [6.07, 6.45) is 0. The molecule has 0 heterocycles. The molecule has 0 aliphatic heterocycles. The lowest BCUT2D eigenvalue weighted by molar-refractivity contribution is 0.667. The molecule has 0 nitrogen and oxygen atoms in total. The van der Waals surface area contributed by atoms with Crippen LogP contribution >= 0.6 is 0 Å². The van der Waals surface area contributed by atoms with Crippen LogP contribution in [0.15, 0.2) is 182 Å². The first-order chi connectivity index (χ1) is 26.1. The van der Waals surface area contributed by atoms with Gasteiger partial charge in [0.1, 0.15) is 0 Å². The maximum absolute atomic E-state index is 2.45. The van der Waals surface area contributed by atoms with Crippen molar-refractivity contribution in [1.82, 2.24) is 0 Å². The van der Waals surface area contributed by atoms with Crippen LogP contribution in [-0.4, -0.2) is 0 Å². The van der Waals surface area contributed by atoms with Crippen molar-refractivity contribution in [2.24, 2.45) is 0 Å². The average molecular weight is 673 g/mol. The smallest absolute Gasteiger partial charge is 0.0165 e. The minimum atomic E-state index is -0.133. The van der Waals surface area contributed by atoms with E-state index in [9.17, 15) is 0 Å². The van der Waals surface area contributed by atoms with Gasteiger partial charge in [-0.25, -0.2) is 0 Å². The zero-order valence-corrected chi connectivity index (χ0v) is 29.8. The molecule has 0 aromatic heterocycles. The van der Waals surface area contributed by atoms with Crippen LogP contribution in [0.2, 0.25) is 0 Å². The van der Waals surface area contributed by atoms with E-state index in [2.05, 4.69) is 196 Å². The predicted molar refractivity (Wildman–Crippen MR) is 228 cm³/mol. The van der Waals surface area contributed by atoms with Gasteiger partial charge in [0.15, 0.2) is 0 Å². The fourth-order valence-electron chi connectivity index (χ4n) is 9.61. The molecule has 11 rings (SSSR count). The molecule has 0 atom stereocenters. The van der Waals surface area contributed by atoms with Gasteiger partial charge in [0.05, 0.1) is 0 Å². The fraction of sp³-hybridized carbons (Fsp3) is 0.0566. The van der Waals surface area contributed by atoms with Crippen molar-refractivity contribution < 1.29 is 0 Å². The quantitative estimate of drug-likeness (QED) is 0.129. The van der Waals surface area contributed by atoms with E-state index in [1.165, 1.54) is 109 Å². The molecule has 0 amide bonds. The van der Waals surface area contributed by atoms with E-state index in [1.807, 2.05) is 0 Å². The Balaban J connectivity index is 1.13. The Morgan fingerprint density at radius 3 is 1.45 bits per heavy atom. The summed E-state index contributed by atoms with van der Waals surface area (Å²) in [6.45, 7) is 4.82. The first-order valence-electron chi connectivity index (χ1n) is 18.7. The van der Waals surface area contributed by atoms with Crippen LogP contribution in [0.3, 0.4) is 0 Å². The highest BCUT2D eigenvalue weighted by Crippen LogP contribution is 2.55. The summed E-state index contributed by atoms with van der Waals surface area (Å²) in [7, 11) is 0. The zero-order valence-electron chi connectivity index (χ0n) is 29.8. The van der Waals surface area contributed by atoms with Gasteiger partial charge in [-0.3, -0.25) is 0 Å². The summed E-state index contributed by atoms with van der Waals surface area (Å²) in [6, 6.07) is 67.7. The van der Waals surface area contributed by atoms with Crippen LogP contribution in [-0.2, 0) is 5.41 Å². The van der Waals surface area contributed by atoms with Crippen molar-refractivity contribution in [3.8, 4) is 44.5 Å². The summed E-state index contributed by atoms with van der Waals surface area (Å²) in [4.78, 5) is 0. The molecule has 0 bridgehead atoms. The molecule has 0 saturated carbocycles. The van der Waals surface area contributed by atoms with Gasteiger partial charge in [0.2, 0.25) is 0 Å². The second-order valence-electron chi connectivity index (χ2n) is 15.2. The van der Waals surface area contributed by atoms with Gasteiger partial charge in [-0.2, -0.15) is 0 Å². The largest absolute Gasteiger partial charge is 0.0622 e. The Bertz CT molecular complexity index is 3070. The second kappa shape index (κ2) is 11.2. The summed E-state index contributed by atoms with van der Waals surface area (Å²) in [5.41, 5.74) is 13.0. The highest BCUT2D eigenvalue weighted by molar-refractivity contribution is 6.22. The SMILES string of the molecule is CC1(C)c2cc3ccccc3cc2-c2c1c1ccc(-c3cccc(-c4c5ccccc5c(-c5ccccc5)c5ccccc45)c3)cc1c1ccccc21. The molecule has 0 N–H and O–H groups in total. The monoisotopic (exact) mass is 672 g/mol. The summed E-state index contributed by atoms with van der Waals surface area (Å²) in [5.74, 6) is 0. The molecule has 53 heavy (non-hydrogen) atoms. The first kappa shape index (κ1) is 30.2. The number of rotatable bonds is 3. The Hall–Kier alpha value is -6.50. The van der Waals surface area contributed by atoms with Crippen LogP contribution < -0.4 is 0 Å². The molecular weight excluding hydrogens is 637 g/mol. The molecule has 1 aliphatic rings. The van der Waals surface area contributed by atoms with Crippen molar-refractivity contribution in [3.05, 3.63) is 193 Å². The average Bonchev–Trinajstić information content (AvgIpc) is 3.44. The molecule has 0 radical (unpaired) electrons. The van der Waals surface area contributed by atoms with Crippen molar-refractivity contribution in [2.75, 3.05) is 0 Å². The minimum Gasteiger partial charge on any atom is -0.0622 e. The third-order valence-electron chi connectivity index (χ3n) is 12.0. The molecule has 0 unspecified atom stereocenters. The summed E-state index contributed by atoms with van der Waals surface area (Å²) in [5, 5.41) is 13.0. The summed E-state index contributed by atoms with van der Waals surface area (Å²) < 4.78 is 0. The third-order valence-corrected chi connectivity index (χ3v) is 12.0. The van der Waals surface area contributed by atoms with Crippen LogP contribution in [0.25, 0.3) is 98.4 Å². The van der Waals surface area contributed by atoms with Crippen LogP contribution in [0, 0.1) is 0 Å². The fourth-order valence-corrected chi connectivity index (χ4v) is 9.61. The lowest BCUT2D eigenvalue weighted by Gasteiger charge is -2.24. The van der Waals surface area contributed by atoms with Crippen molar-refractivity contribution >= 4 is 53.9 Å². The van der Waals surface area contributed by atoms with E-state index >= 15 is 0 Å². The highest BCUT2D eigenvalue weighted by Gasteiger charge is 2.38. The highest BCUT2D eigenvalue weighted by atomic mass is 14.4. The maximum atomic E-state index is 2.45. The van der Waals surface area contributed by atoms with Gasteiger partial charge in [-0.1, -0.05) is 172 Å². The molecule has 10 aromatic rings.